The van der Waals surface area contributed by atoms with Crippen molar-refractivity contribution in [2.45, 2.75) is 38.5 Å². The molecule has 1 heterocycles. The largest absolute Gasteiger partial charge is 0.303 e. The van der Waals surface area contributed by atoms with E-state index in [1.165, 1.54) is 50.0 Å². The molecule has 2 rings (SSSR count). The van der Waals surface area contributed by atoms with Gasteiger partial charge in [0.05, 0.1) is 0 Å². The van der Waals surface area contributed by atoms with Crippen LogP contribution in [-0.4, -0.2) is 24.5 Å². The fourth-order valence-corrected chi connectivity index (χ4v) is 2.99. The minimum absolute atomic E-state index is 0.732. The van der Waals surface area contributed by atoms with Crippen molar-refractivity contribution in [3.8, 4) is 0 Å². The second-order valence-electron chi connectivity index (χ2n) is 5.38. The van der Waals surface area contributed by atoms with Gasteiger partial charge in [0.1, 0.15) is 0 Å². The summed E-state index contributed by atoms with van der Waals surface area (Å²) in [4.78, 5) is 2.62. The van der Waals surface area contributed by atoms with E-state index in [4.69, 9.17) is 0 Å². The maximum absolute atomic E-state index is 3.83. The Morgan fingerprint density at radius 3 is 3.11 bits per heavy atom. The summed E-state index contributed by atoms with van der Waals surface area (Å²) in [6.07, 6.45) is 6.93. The van der Waals surface area contributed by atoms with Gasteiger partial charge in [-0.25, -0.2) is 0 Å². The van der Waals surface area contributed by atoms with E-state index in [1.54, 1.807) is 0 Å². The molecule has 1 heteroatoms. The van der Waals surface area contributed by atoms with Crippen LogP contribution in [-0.2, 0) is 6.42 Å². The van der Waals surface area contributed by atoms with Gasteiger partial charge in [-0.05, 0) is 55.8 Å². The highest BCUT2D eigenvalue weighted by atomic mass is 15.1. The lowest BCUT2D eigenvalue weighted by Gasteiger charge is -2.32. The first kappa shape index (κ1) is 13.4. The van der Waals surface area contributed by atoms with Crippen molar-refractivity contribution < 1.29 is 0 Å². The minimum Gasteiger partial charge on any atom is -0.303 e. The van der Waals surface area contributed by atoms with Crippen LogP contribution in [0.5, 0.6) is 0 Å². The maximum Gasteiger partial charge on any atom is 0.00503 e. The van der Waals surface area contributed by atoms with Crippen LogP contribution < -0.4 is 0 Å². The van der Waals surface area contributed by atoms with Gasteiger partial charge in [-0.1, -0.05) is 37.3 Å². The van der Waals surface area contributed by atoms with Gasteiger partial charge < -0.3 is 4.90 Å². The average Bonchev–Trinajstić information content (AvgIpc) is 2.40. The van der Waals surface area contributed by atoms with Crippen LogP contribution in [0.1, 0.15) is 43.2 Å². The summed E-state index contributed by atoms with van der Waals surface area (Å²) in [5, 5.41) is 0. The first-order chi connectivity index (χ1) is 8.83. The third kappa shape index (κ3) is 3.46. The van der Waals surface area contributed by atoms with E-state index in [0.717, 1.165) is 12.3 Å². The van der Waals surface area contributed by atoms with E-state index in [-0.39, 0.29) is 0 Å². The van der Waals surface area contributed by atoms with Crippen molar-refractivity contribution in [3.05, 3.63) is 48.0 Å². The van der Waals surface area contributed by atoms with E-state index >= 15 is 0 Å². The zero-order valence-corrected chi connectivity index (χ0v) is 11.6. The van der Waals surface area contributed by atoms with Crippen molar-refractivity contribution in [1.29, 1.82) is 0 Å². The van der Waals surface area contributed by atoms with Crippen molar-refractivity contribution in [3.63, 3.8) is 0 Å². The van der Waals surface area contributed by atoms with Crippen LogP contribution in [0.4, 0.5) is 0 Å². The van der Waals surface area contributed by atoms with Crippen LogP contribution in [0.3, 0.4) is 0 Å². The van der Waals surface area contributed by atoms with Gasteiger partial charge >= 0.3 is 0 Å². The smallest absolute Gasteiger partial charge is 0.00503 e. The molecule has 0 aliphatic carbocycles. The van der Waals surface area contributed by atoms with Gasteiger partial charge in [0.15, 0.2) is 0 Å². The molecule has 0 saturated carbocycles. The molecular weight excluding hydrogens is 218 g/mol. The van der Waals surface area contributed by atoms with Crippen molar-refractivity contribution >= 4 is 0 Å². The molecule has 18 heavy (non-hydrogen) atoms. The SMILES string of the molecule is C=CCc1cccc([C@@H]2CCCN(CCC)C2)c1. The Morgan fingerprint density at radius 2 is 2.33 bits per heavy atom. The maximum atomic E-state index is 3.83. The summed E-state index contributed by atoms with van der Waals surface area (Å²) >= 11 is 0. The van der Waals surface area contributed by atoms with E-state index in [1.807, 2.05) is 6.08 Å². The third-order valence-electron chi connectivity index (χ3n) is 3.85. The lowest BCUT2D eigenvalue weighted by atomic mass is 9.89. The summed E-state index contributed by atoms with van der Waals surface area (Å²) < 4.78 is 0. The standard InChI is InChI=1S/C17H25N/c1-3-7-15-8-5-9-16(13-15)17-10-6-12-18(14-17)11-4-2/h3,5,8-9,13,17H,1,4,6-7,10-12,14H2,2H3/t17-/m1/s1. The number of hydrogen-bond donors (Lipinski definition) is 0. The highest BCUT2D eigenvalue weighted by Crippen LogP contribution is 2.27. The number of hydrogen-bond acceptors (Lipinski definition) is 1. The van der Waals surface area contributed by atoms with Crippen molar-refractivity contribution in [2.75, 3.05) is 19.6 Å². The van der Waals surface area contributed by atoms with Gasteiger partial charge in [-0.2, -0.15) is 0 Å². The zero-order valence-electron chi connectivity index (χ0n) is 11.6. The predicted molar refractivity (Wildman–Crippen MR) is 79.0 cm³/mol. The molecule has 1 nitrogen and oxygen atoms in total. The number of piperidine rings is 1. The molecule has 0 aromatic heterocycles. The van der Waals surface area contributed by atoms with Crippen LogP contribution in [0.2, 0.25) is 0 Å². The molecule has 1 aromatic carbocycles. The second-order valence-corrected chi connectivity index (χ2v) is 5.38. The molecule has 0 amide bonds. The van der Waals surface area contributed by atoms with Crippen molar-refractivity contribution in [2.24, 2.45) is 0 Å². The average molecular weight is 243 g/mol. The van der Waals surface area contributed by atoms with E-state index in [9.17, 15) is 0 Å². The van der Waals surface area contributed by atoms with Crippen LogP contribution in [0.25, 0.3) is 0 Å². The van der Waals surface area contributed by atoms with E-state index in [2.05, 4.69) is 42.7 Å². The number of allylic oxidation sites excluding steroid dienone is 1. The van der Waals surface area contributed by atoms with Crippen LogP contribution in [0.15, 0.2) is 36.9 Å². The van der Waals surface area contributed by atoms with Crippen LogP contribution in [0, 0.1) is 0 Å². The molecular formula is C17H25N. The molecule has 98 valence electrons. The summed E-state index contributed by atoms with van der Waals surface area (Å²) in [5.41, 5.74) is 2.92. The normalized spacial score (nSPS) is 20.8. The molecule has 1 aromatic rings. The number of benzene rings is 1. The molecule has 1 saturated heterocycles. The third-order valence-corrected chi connectivity index (χ3v) is 3.85. The van der Waals surface area contributed by atoms with Gasteiger partial charge in [0, 0.05) is 6.54 Å². The quantitative estimate of drug-likeness (QED) is 0.706. The monoisotopic (exact) mass is 243 g/mol. The zero-order chi connectivity index (χ0) is 12.8. The van der Waals surface area contributed by atoms with Gasteiger partial charge in [0.2, 0.25) is 0 Å². The second kappa shape index (κ2) is 6.75. The molecule has 1 fully saturated rings. The molecule has 0 bridgehead atoms. The Kier molecular flexibility index (Phi) is 5.00. The van der Waals surface area contributed by atoms with Gasteiger partial charge in [-0.3, -0.25) is 0 Å². The molecule has 0 spiro atoms. The fraction of sp³-hybridized carbons (Fsp3) is 0.529. The number of rotatable bonds is 5. The molecule has 0 unspecified atom stereocenters. The van der Waals surface area contributed by atoms with Gasteiger partial charge in [0.25, 0.3) is 0 Å². The molecule has 1 aliphatic rings. The van der Waals surface area contributed by atoms with Crippen LogP contribution >= 0.6 is 0 Å². The highest BCUT2D eigenvalue weighted by molar-refractivity contribution is 5.28. The van der Waals surface area contributed by atoms with Gasteiger partial charge in [-0.15, -0.1) is 6.58 Å². The minimum atomic E-state index is 0.732. The number of likely N-dealkylation sites (tertiary alicyclic amines) is 1. The van der Waals surface area contributed by atoms with E-state index in [0.29, 0.717) is 0 Å². The predicted octanol–water partition coefficient (Wildman–Crippen LogP) is 4.00. The highest BCUT2D eigenvalue weighted by Gasteiger charge is 2.20. The topological polar surface area (TPSA) is 3.24 Å². The molecule has 1 aliphatic heterocycles. The van der Waals surface area contributed by atoms with E-state index < -0.39 is 0 Å². The number of nitrogens with zero attached hydrogens (tertiary/aromatic N) is 1. The summed E-state index contributed by atoms with van der Waals surface area (Å²) in [6, 6.07) is 9.08. The Hall–Kier alpha value is -1.08. The first-order valence-electron chi connectivity index (χ1n) is 7.25. The summed E-state index contributed by atoms with van der Waals surface area (Å²) in [6.45, 7) is 9.88. The first-order valence-corrected chi connectivity index (χ1v) is 7.25. The fourth-order valence-electron chi connectivity index (χ4n) is 2.99. The Morgan fingerprint density at radius 1 is 1.44 bits per heavy atom. The Balaban J connectivity index is 2.05. The lowest BCUT2D eigenvalue weighted by molar-refractivity contribution is 0.208. The summed E-state index contributed by atoms with van der Waals surface area (Å²) in [5.74, 6) is 0.732. The van der Waals surface area contributed by atoms with Crippen molar-refractivity contribution in [1.82, 2.24) is 4.90 Å². The molecule has 1 atom stereocenters. The molecule has 0 N–H and O–H groups in total. The Labute approximate surface area is 112 Å². The lowest BCUT2D eigenvalue weighted by Crippen LogP contribution is -2.34. The summed E-state index contributed by atoms with van der Waals surface area (Å²) in [7, 11) is 0. The molecule has 0 radical (unpaired) electrons. The Bertz CT molecular complexity index is 381.